The number of aryl methyl sites for hydroxylation is 1. The molecule has 6 N–H and O–H groups in total. The van der Waals surface area contributed by atoms with Gasteiger partial charge in [-0.3, -0.25) is 24.0 Å². The molecular formula is C60H64N6O9S2. The number of amides is 4. The van der Waals surface area contributed by atoms with Crippen molar-refractivity contribution in [2.24, 2.45) is 10.5 Å². The number of carbonyl (C=O) groups is 5. The molecule has 0 aliphatic carbocycles. The summed E-state index contributed by atoms with van der Waals surface area (Å²) >= 11 is 2.95. The minimum Gasteiger partial charge on any atom is -0.508 e. The first kappa shape index (κ1) is 55.5. The van der Waals surface area contributed by atoms with E-state index in [2.05, 4.69) is 26.1 Å². The highest BCUT2D eigenvalue weighted by Crippen LogP contribution is 2.42. The van der Waals surface area contributed by atoms with Gasteiger partial charge in [0.05, 0.1) is 41.0 Å². The molecule has 8 rings (SSSR count). The van der Waals surface area contributed by atoms with Crippen molar-refractivity contribution in [1.29, 1.82) is 0 Å². The third-order valence-corrected chi connectivity index (χ3v) is 15.8. The largest absolute Gasteiger partial charge is 0.508 e. The summed E-state index contributed by atoms with van der Waals surface area (Å²) in [5.74, 6) is -0.781. The van der Waals surface area contributed by atoms with Crippen LogP contribution in [0.4, 0.5) is 0 Å². The first-order chi connectivity index (χ1) is 36.9. The van der Waals surface area contributed by atoms with E-state index in [1.54, 1.807) is 72.0 Å². The summed E-state index contributed by atoms with van der Waals surface area (Å²) in [5, 5.41) is 41.4. The van der Waals surface area contributed by atoms with E-state index in [0.717, 1.165) is 63.2 Å². The van der Waals surface area contributed by atoms with Gasteiger partial charge in [-0.25, -0.2) is 10.4 Å². The van der Waals surface area contributed by atoms with Crippen molar-refractivity contribution in [2.45, 2.75) is 104 Å². The Morgan fingerprint density at radius 2 is 1.45 bits per heavy atom. The van der Waals surface area contributed by atoms with Crippen LogP contribution in [0.25, 0.3) is 31.0 Å². The number of carbonyl (C=O) groups excluding carboxylic acids is 5. The van der Waals surface area contributed by atoms with Gasteiger partial charge in [-0.2, -0.15) is 5.10 Å². The molecule has 4 amide bonds. The lowest BCUT2D eigenvalue weighted by atomic mass is 9.85. The van der Waals surface area contributed by atoms with Gasteiger partial charge in [0.25, 0.3) is 5.91 Å². The second-order valence-electron chi connectivity index (χ2n) is 20.5. The number of aromatic hydroxyl groups is 2. The number of nitrogens with zero attached hydrogens (tertiary/aromatic N) is 3. The van der Waals surface area contributed by atoms with E-state index in [1.807, 2.05) is 88.7 Å². The molecule has 400 valence electrons. The summed E-state index contributed by atoms with van der Waals surface area (Å²) < 4.78 is 6.69. The van der Waals surface area contributed by atoms with Crippen LogP contribution in [0.3, 0.4) is 0 Å². The molecule has 17 heteroatoms. The predicted octanol–water partition coefficient (Wildman–Crippen LogP) is 10.5. The Morgan fingerprint density at radius 1 is 0.805 bits per heavy atom. The van der Waals surface area contributed by atoms with Crippen LogP contribution in [0.15, 0.2) is 126 Å². The molecule has 2 aromatic heterocycles. The maximum atomic E-state index is 14.1. The third-order valence-electron chi connectivity index (χ3n) is 13.6. The number of hydrogen-bond acceptors (Lipinski definition) is 13. The molecule has 4 unspecified atom stereocenters. The second-order valence-corrected chi connectivity index (χ2v) is 22.4. The lowest BCUT2D eigenvalue weighted by Gasteiger charge is -2.35. The highest BCUT2D eigenvalue weighted by Gasteiger charge is 2.44. The number of benzene rings is 5. The molecule has 0 saturated carbocycles. The molecule has 77 heavy (non-hydrogen) atoms. The number of thiazole rings is 1. The third kappa shape index (κ3) is 14.0. The van der Waals surface area contributed by atoms with Gasteiger partial charge in [0, 0.05) is 51.0 Å². The molecule has 5 aromatic carbocycles. The molecule has 1 fully saturated rings. The van der Waals surface area contributed by atoms with Gasteiger partial charge in [0.15, 0.2) is 5.78 Å². The van der Waals surface area contributed by atoms with Crippen molar-refractivity contribution in [3.8, 4) is 38.1 Å². The number of β-amino-alcohol motifs (C(OH)–C–C–N with tert-alkyl or cyclic N) is 1. The first-order valence-corrected chi connectivity index (χ1v) is 27.5. The fourth-order valence-electron chi connectivity index (χ4n) is 9.28. The zero-order chi connectivity index (χ0) is 54.8. The number of hydrazone groups is 1. The minimum atomic E-state index is -0.890. The Labute approximate surface area is 456 Å². The molecule has 1 aliphatic rings. The van der Waals surface area contributed by atoms with Crippen LogP contribution in [-0.2, 0) is 14.4 Å². The van der Waals surface area contributed by atoms with Gasteiger partial charge >= 0.3 is 0 Å². The van der Waals surface area contributed by atoms with Crippen molar-refractivity contribution < 1.29 is 44.0 Å². The summed E-state index contributed by atoms with van der Waals surface area (Å²) in [6.07, 6.45) is 5.13. The van der Waals surface area contributed by atoms with Gasteiger partial charge in [-0.05, 0) is 133 Å². The second kappa shape index (κ2) is 25.0. The van der Waals surface area contributed by atoms with Crippen LogP contribution < -0.4 is 20.8 Å². The van der Waals surface area contributed by atoms with Crippen LogP contribution in [0.5, 0.6) is 17.2 Å². The number of ketones is 1. The lowest BCUT2D eigenvalue weighted by Crippen LogP contribution is -2.57. The molecule has 0 radical (unpaired) electrons. The smallest absolute Gasteiger partial charge is 0.271 e. The van der Waals surface area contributed by atoms with Crippen molar-refractivity contribution in [2.75, 3.05) is 13.2 Å². The Morgan fingerprint density at radius 3 is 2.14 bits per heavy atom. The number of aliphatic hydroxyl groups is 1. The summed E-state index contributed by atoms with van der Waals surface area (Å²) in [6, 6.07) is 30.9. The number of unbranched alkanes of at least 4 members (excludes halogenated alkanes) is 4. The van der Waals surface area contributed by atoms with Crippen LogP contribution >= 0.6 is 22.7 Å². The van der Waals surface area contributed by atoms with E-state index >= 15 is 0 Å². The fourth-order valence-corrected chi connectivity index (χ4v) is 11.3. The predicted molar refractivity (Wildman–Crippen MR) is 302 cm³/mol. The normalized spacial score (nSPS) is 15.3. The molecule has 1 saturated heterocycles. The van der Waals surface area contributed by atoms with Gasteiger partial charge in [-0.1, -0.05) is 76.4 Å². The number of aliphatic hydroxyl groups excluding tert-OH is 1. The average Bonchev–Trinajstić information content (AvgIpc) is 4.15. The lowest BCUT2D eigenvalue weighted by molar-refractivity contribution is -0.144. The number of rotatable bonds is 21. The number of thiophene rings is 1. The number of likely N-dealkylation sites (tertiary alicyclic amines) is 1. The minimum absolute atomic E-state index is 0.00470. The van der Waals surface area contributed by atoms with Gasteiger partial charge in [0.1, 0.15) is 29.3 Å². The van der Waals surface area contributed by atoms with Crippen LogP contribution in [0.2, 0.25) is 0 Å². The van der Waals surface area contributed by atoms with Crippen LogP contribution in [0.1, 0.15) is 122 Å². The molecule has 1 aliphatic heterocycles. The number of hydrogen-bond donors (Lipinski definition) is 6. The zero-order valence-electron chi connectivity index (χ0n) is 43.7. The van der Waals surface area contributed by atoms with Crippen LogP contribution in [-0.4, -0.2) is 92.2 Å². The maximum Gasteiger partial charge on any atom is 0.271 e. The highest BCUT2D eigenvalue weighted by atomic mass is 32.1. The molecule has 4 atom stereocenters. The molecule has 0 spiro atoms. The van der Waals surface area contributed by atoms with Gasteiger partial charge < -0.3 is 35.6 Å². The Kier molecular flexibility index (Phi) is 18.0. The first-order valence-electron chi connectivity index (χ1n) is 25.8. The molecular weight excluding hydrogens is 1010 g/mol. The highest BCUT2D eigenvalue weighted by molar-refractivity contribution is 7.22. The summed E-state index contributed by atoms with van der Waals surface area (Å²) in [5.41, 5.74) is 9.28. The number of phenolic OH excluding ortho intramolecular Hbond substituents is 2. The summed E-state index contributed by atoms with van der Waals surface area (Å²) in [7, 11) is 0. The molecule has 15 nitrogen and oxygen atoms in total. The maximum absolute atomic E-state index is 14.1. The summed E-state index contributed by atoms with van der Waals surface area (Å²) in [4.78, 5) is 75.5. The van der Waals surface area contributed by atoms with Gasteiger partial charge in [-0.15, -0.1) is 22.7 Å². The van der Waals surface area contributed by atoms with Crippen molar-refractivity contribution in [1.82, 2.24) is 25.9 Å². The van der Waals surface area contributed by atoms with Crippen molar-refractivity contribution >= 4 is 68.4 Å². The molecule has 7 aromatic rings. The number of fused-ring (bicyclic) bond motifs is 1. The quantitative estimate of drug-likeness (QED) is 0.0173. The van der Waals surface area contributed by atoms with Gasteiger partial charge in [0.2, 0.25) is 17.7 Å². The zero-order valence-corrected chi connectivity index (χ0v) is 45.4. The monoisotopic (exact) mass is 1080 g/mol. The number of aromatic nitrogens is 1. The van der Waals surface area contributed by atoms with Crippen molar-refractivity contribution in [3.63, 3.8) is 0 Å². The van der Waals surface area contributed by atoms with E-state index in [0.29, 0.717) is 45.7 Å². The number of nitrogens with one attached hydrogen (secondary N) is 3. The number of phenols is 2. The topological polar surface area (TPSA) is 220 Å². The average molecular weight is 1080 g/mol. The molecule has 3 heterocycles. The Hall–Kier alpha value is -7.73. The van der Waals surface area contributed by atoms with E-state index < -0.39 is 29.5 Å². The molecule has 0 bridgehead atoms. The fraction of sp³-hybridized carbons (Fsp3) is 0.317. The summed E-state index contributed by atoms with van der Waals surface area (Å²) in [6.45, 7) is 10.0. The van der Waals surface area contributed by atoms with E-state index in [4.69, 9.17) is 4.74 Å². The SMILES string of the molecule is Cc1ncsc1-c1ccc(C(C)NC(=O)C2CC(O)CN2C(=O)C(NC(=O)CCCCCCCOc2ccc(C=NNC(=O)c3ccc(C(=O)c4c(-c5ccc(O)cc5)sc5cc(O)ccc45)cc3)cc2)C(C)(C)C)cc1. The van der Waals surface area contributed by atoms with E-state index in [-0.39, 0.29) is 60.4 Å². The standard InChI is InChI=1S/C60H64N6O9S2/c1-36(39-14-18-41(19-15-39)54-37(2)61-35-76-54)63-58(73)49-31-46(69)34-66(49)59(74)56(60(3,4)5)64-51(70)11-9-7-6-8-10-30-75-47-27-12-38(13-28-47)33-62-65-57(72)43-20-16-40(17-21-43)53(71)52-48-29-26-45(68)32-50(48)77-55(52)42-22-24-44(67)25-23-42/h12-29,32-33,35-36,46,49,56,67-69H,6-11,30-31,34H2,1-5H3,(H,63,73)(H,64,70)(H,65,72). The van der Waals surface area contributed by atoms with E-state index in [1.165, 1.54) is 28.5 Å². The van der Waals surface area contributed by atoms with Crippen molar-refractivity contribution in [3.05, 3.63) is 154 Å². The Bertz CT molecular complexity index is 3240. The van der Waals surface area contributed by atoms with Crippen LogP contribution in [0, 0.1) is 12.3 Å². The van der Waals surface area contributed by atoms with E-state index in [9.17, 15) is 39.3 Å². The Balaban J connectivity index is 0.727. The number of ether oxygens (including phenoxy) is 1.